The maximum absolute atomic E-state index is 13.6. The number of aryl methyl sites for hydroxylation is 1. The number of imidazole rings is 1. The van der Waals surface area contributed by atoms with Gasteiger partial charge >= 0.3 is 6.18 Å². The molecule has 0 bridgehead atoms. The number of nitrogens with one attached hydrogen (secondary N) is 1. The van der Waals surface area contributed by atoms with E-state index in [4.69, 9.17) is 0 Å². The first-order valence-corrected chi connectivity index (χ1v) is 6.01. The third kappa shape index (κ3) is 3.38. The molecule has 0 radical (unpaired) electrons. The van der Waals surface area contributed by atoms with Gasteiger partial charge in [-0.1, -0.05) is 6.07 Å². The minimum absolute atomic E-state index is 0.276. The molecule has 0 aliphatic heterocycles. The van der Waals surface area contributed by atoms with Crippen LogP contribution in [0.1, 0.15) is 17.4 Å². The molecule has 0 saturated carbocycles. The molecule has 21 heavy (non-hydrogen) atoms. The lowest BCUT2D eigenvalue weighted by atomic mass is 10.0. The van der Waals surface area contributed by atoms with Crippen LogP contribution in [0.15, 0.2) is 30.6 Å². The van der Waals surface area contributed by atoms with Crippen LogP contribution in [0, 0.1) is 11.6 Å². The number of halogens is 5. The second-order valence-electron chi connectivity index (χ2n) is 4.45. The van der Waals surface area contributed by atoms with Crippen molar-refractivity contribution in [2.45, 2.75) is 18.8 Å². The SMILES string of the molecule is Cn1ccnc1CN[C@H](c1c(F)cccc1F)C(F)(F)F. The Labute approximate surface area is 117 Å². The molecule has 0 saturated heterocycles. The smallest absolute Gasteiger partial charge is 0.337 e. The van der Waals surface area contributed by atoms with Crippen molar-refractivity contribution in [3.63, 3.8) is 0 Å². The molecule has 0 aliphatic carbocycles. The van der Waals surface area contributed by atoms with Gasteiger partial charge in [-0.3, -0.25) is 5.32 Å². The summed E-state index contributed by atoms with van der Waals surface area (Å²) in [6, 6.07) is 0.148. The van der Waals surface area contributed by atoms with Crippen molar-refractivity contribution in [3.8, 4) is 0 Å². The van der Waals surface area contributed by atoms with E-state index in [0.717, 1.165) is 18.2 Å². The molecule has 0 fully saturated rings. The first-order chi connectivity index (χ1) is 9.80. The van der Waals surface area contributed by atoms with Gasteiger partial charge in [-0.05, 0) is 12.1 Å². The quantitative estimate of drug-likeness (QED) is 0.880. The molecular formula is C13H12F5N3. The van der Waals surface area contributed by atoms with Gasteiger partial charge in [0.05, 0.1) is 6.54 Å². The van der Waals surface area contributed by atoms with E-state index < -0.39 is 29.4 Å². The van der Waals surface area contributed by atoms with Gasteiger partial charge in [-0.25, -0.2) is 13.8 Å². The van der Waals surface area contributed by atoms with Crippen LogP contribution in [-0.4, -0.2) is 15.7 Å². The van der Waals surface area contributed by atoms with Crippen molar-refractivity contribution >= 4 is 0 Å². The summed E-state index contributed by atoms with van der Waals surface area (Å²) in [6.45, 7) is -0.276. The number of rotatable bonds is 4. The summed E-state index contributed by atoms with van der Waals surface area (Å²) in [6.07, 6.45) is -1.86. The second-order valence-corrected chi connectivity index (χ2v) is 4.45. The molecule has 1 atom stereocenters. The fourth-order valence-electron chi connectivity index (χ4n) is 1.93. The molecule has 2 rings (SSSR count). The van der Waals surface area contributed by atoms with Crippen LogP contribution in [-0.2, 0) is 13.6 Å². The van der Waals surface area contributed by atoms with Crippen molar-refractivity contribution in [3.05, 3.63) is 53.6 Å². The lowest BCUT2D eigenvalue weighted by Gasteiger charge is -2.22. The Morgan fingerprint density at radius 3 is 2.33 bits per heavy atom. The predicted molar refractivity (Wildman–Crippen MR) is 65.2 cm³/mol. The zero-order chi connectivity index (χ0) is 15.6. The molecule has 0 spiro atoms. The van der Waals surface area contributed by atoms with Crippen molar-refractivity contribution in [1.82, 2.24) is 14.9 Å². The number of hydrogen-bond donors (Lipinski definition) is 1. The van der Waals surface area contributed by atoms with Gasteiger partial charge in [0.25, 0.3) is 0 Å². The molecule has 1 heterocycles. The van der Waals surface area contributed by atoms with Crippen molar-refractivity contribution < 1.29 is 22.0 Å². The maximum Gasteiger partial charge on any atom is 0.408 e. The van der Waals surface area contributed by atoms with Gasteiger partial charge in [0.1, 0.15) is 23.5 Å². The second kappa shape index (κ2) is 5.80. The third-order valence-corrected chi connectivity index (χ3v) is 3.00. The Bertz CT molecular complexity index is 600. The largest absolute Gasteiger partial charge is 0.408 e. The molecule has 1 aromatic heterocycles. The summed E-state index contributed by atoms with van der Waals surface area (Å²) in [5, 5.41) is 2.11. The van der Waals surface area contributed by atoms with E-state index in [1.165, 1.54) is 10.8 Å². The molecule has 0 amide bonds. The first kappa shape index (κ1) is 15.4. The summed E-state index contributed by atoms with van der Waals surface area (Å²) >= 11 is 0. The zero-order valence-electron chi connectivity index (χ0n) is 11.0. The highest BCUT2D eigenvalue weighted by atomic mass is 19.4. The Balaban J connectivity index is 2.30. The summed E-state index contributed by atoms with van der Waals surface area (Å²) in [7, 11) is 1.61. The molecule has 114 valence electrons. The fraction of sp³-hybridized carbons (Fsp3) is 0.308. The molecule has 3 nitrogen and oxygen atoms in total. The normalized spacial score (nSPS) is 13.4. The first-order valence-electron chi connectivity index (χ1n) is 6.01. The van der Waals surface area contributed by atoms with Crippen LogP contribution in [0.5, 0.6) is 0 Å². The van der Waals surface area contributed by atoms with Gasteiger partial charge in [0, 0.05) is 25.0 Å². The van der Waals surface area contributed by atoms with Gasteiger partial charge in [0.15, 0.2) is 0 Å². The zero-order valence-corrected chi connectivity index (χ0v) is 11.0. The van der Waals surface area contributed by atoms with Gasteiger partial charge < -0.3 is 4.57 Å². The average molecular weight is 305 g/mol. The van der Waals surface area contributed by atoms with Crippen LogP contribution >= 0.6 is 0 Å². The van der Waals surface area contributed by atoms with Crippen LogP contribution < -0.4 is 5.32 Å². The van der Waals surface area contributed by atoms with E-state index >= 15 is 0 Å². The fourth-order valence-corrected chi connectivity index (χ4v) is 1.93. The molecular weight excluding hydrogens is 293 g/mol. The van der Waals surface area contributed by atoms with E-state index in [1.54, 1.807) is 13.2 Å². The summed E-state index contributed by atoms with van der Waals surface area (Å²) in [5.41, 5.74) is -1.04. The number of nitrogens with zero attached hydrogens (tertiary/aromatic N) is 2. The van der Waals surface area contributed by atoms with Gasteiger partial charge in [-0.2, -0.15) is 13.2 Å². The van der Waals surface area contributed by atoms with E-state index in [0.29, 0.717) is 5.82 Å². The van der Waals surface area contributed by atoms with Crippen LogP contribution in [0.25, 0.3) is 0 Å². The summed E-state index contributed by atoms with van der Waals surface area (Å²) in [4.78, 5) is 3.85. The topological polar surface area (TPSA) is 29.9 Å². The number of alkyl halides is 3. The van der Waals surface area contributed by atoms with E-state index in [-0.39, 0.29) is 6.54 Å². The molecule has 8 heteroatoms. The monoisotopic (exact) mass is 305 g/mol. The van der Waals surface area contributed by atoms with Crippen LogP contribution in [0.2, 0.25) is 0 Å². The van der Waals surface area contributed by atoms with Crippen molar-refractivity contribution in [2.24, 2.45) is 7.05 Å². The van der Waals surface area contributed by atoms with Crippen LogP contribution in [0.4, 0.5) is 22.0 Å². The van der Waals surface area contributed by atoms with Crippen LogP contribution in [0.3, 0.4) is 0 Å². The lowest BCUT2D eigenvalue weighted by Crippen LogP contribution is -2.35. The van der Waals surface area contributed by atoms with E-state index in [2.05, 4.69) is 10.3 Å². The third-order valence-electron chi connectivity index (χ3n) is 3.00. The van der Waals surface area contributed by atoms with Gasteiger partial charge in [-0.15, -0.1) is 0 Å². The molecule has 1 aromatic carbocycles. The minimum atomic E-state index is -4.84. The lowest BCUT2D eigenvalue weighted by molar-refractivity contribution is -0.159. The highest BCUT2D eigenvalue weighted by Gasteiger charge is 2.43. The average Bonchev–Trinajstić information content (AvgIpc) is 2.77. The Hall–Kier alpha value is -1.96. The Morgan fingerprint density at radius 1 is 1.24 bits per heavy atom. The Morgan fingerprint density at radius 2 is 1.86 bits per heavy atom. The highest BCUT2D eigenvalue weighted by Crippen LogP contribution is 2.35. The summed E-state index contributed by atoms with van der Waals surface area (Å²) in [5.74, 6) is -2.17. The Kier molecular flexibility index (Phi) is 4.26. The van der Waals surface area contributed by atoms with Gasteiger partial charge in [0.2, 0.25) is 0 Å². The molecule has 0 aliphatic rings. The minimum Gasteiger partial charge on any atom is -0.337 e. The molecule has 1 N–H and O–H groups in total. The highest BCUT2D eigenvalue weighted by molar-refractivity contribution is 5.24. The summed E-state index contributed by atoms with van der Waals surface area (Å²) < 4.78 is 67.9. The number of aromatic nitrogens is 2. The predicted octanol–water partition coefficient (Wildman–Crippen LogP) is 3.09. The standard InChI is InChI=1S/C13H12F5N3/c1-21-6-5-19-10(21)7-20-12(13(16,17)18)11-8(14)3-2-4-9(11)15/h2-6,12,20H,7H2,1H3/t12-/m1/s1. The van der Waals surface area contributed by atoms with Crippen molar-refractivity contribution in [1.29, 1.82) is 0 Å². The van der Waals surface area contributed by atoms with E-state index in [1.807, 2.05) is 0 Å². The molecule has 0 unspecified atom stereocenters. The number of benzene rings is 1. The maximum atomic E-state index is 13.6. The van der Waals surface area contributed by atoms with Crippen molar-refractivity contribution in [2.75, 3.05) is 0 Å². The van der Waals surface area contributed by atoms with E-state index in [9.17, 15) is 22.0 Å². The molecule has 2 aromatic rings. The number of hydrogen-bond acceptors (Lipinski definition) is 2.